The van der Waals surface area contributed by atoms with E-state index in [4.69, 9.17) is 24.7 Å². The third kappa shape index (κ3) is 10.9. The third-order valence-corrected chi connectivity index (χ3v) is 11.7. The average molecular weight is 901 g/mol. The molecule has 14 heteroatoms. The van der Waals surface area contributed by atoms with Crippen molar-refractivity contribution >= 4 is 45.6 Å². The Kier molecular flexibility index (Phi) is 16.8. The normalized spacial score (nSPS) is 17.5. The quantitative estimate of drug-likeness (QED) is 0.0772. The van der Waals surface area contributed by atoms with Crippen LogP contribution in [0.3, 0.4) is 0 Å². The summed E-state index contributed by atoms with van der Waals surface area (Å²) < 4.78 is 5.26. The molecule has 0 saturated heterocycles. The van der Waals surface area contributed by atoms with E-state index in [9.17, 15) is 19.2 Å². The molecule has 0 radical (unpaired) electrons. The molecular weight excluding hydrogens is 839 g/mol. The van der Waals surface area contributed by atoms with Gasteiger partial charge in [-0.2, -0.15) is 0 Å². The maximum Gasteiger partial charge on any atom is 2.00 e. The summed E-state index contributed by atoms with van der Waals surface area (Å²) in [5, 5.41) is 6.17. The van der Waals surface area contributed by atoms with Crippen LogP contribution in [-0.4, -0.2) is 105 Å². The second kappa shape index (κ2) is 20.8. The molecule has 2 aliphatic heterocycles. The van der Waals surface area contributed by atoms with Gasteiger partial charge in [-0.3, -0.25) is 29.1 Å². The largest absolute Gasteiger partial charge is 2.00 e. The van der Waals surface area contributed by atoms with Crippen LogP contribution < -0.4 is 20.6 Å². The fraction of sp³-hybridized carbons (Fsp3) is 0.556. The van der Waals surface area contributed by atoms with Gasteiger partial charge in [0.2, 0.25) is 11.8 Å². The number of aryl methyl sites for hydroxylation is 2. The van der Waals surface area contributed by atoms with E-state index in [1.54, 1.807) is 6.92 Å². The molecule has 0 unspecified atom stereocenters. The van der Waals surface area contributed by atoms with Crippen LogP contribution in [0.2, 0.25) is 0 Å². The first kappa shape index (κ1) is 47.5. The molecule has 5 heterocycles. The Hall–Kier alpha value is -4.22. The minimum Gasteiger partial charge on any atom is -0.657 e. The molecule has 5 rings (SSSR count). The fourth-order valence-corrected chi connectivity index (χ4v) is 8.37. The maximum absolute atomic E-state index is 14.3. The molecule has 8 bridgehead atoms. The topological polar surface area (TPSA) is 162 Å². The summed E-state index contributed by atoms with van der Waals surface area (Å²) in [6.07, 6.45) is 2.87. The molecule has 2 amide bonds. The maximum atomic E-state index is 14.3. The van der Waals surface area contributed by atoms with Gasteiger partial charge >= 0.3 is 26.4 Å². The van der Waals surface area contributed by atoms with Crippen LogP contribution in [0.1, 0.15) is 144 Å². The number of hydrogen-bond donors (Lipinski definition) is 2. The number of fused-ring (bicyclic) bond motifs is 8. The zero-order valence-electron chi connectivity index (χ0n) is 36.7. The molecule has 0 spiro atoms. The van der Waals surface area contributed by atoms with Crippen LogP contribution in [0.4, 0.5) is 0 Å². The van der Waals surface area contributed by atoms with Gasteiger partial charge in [-0.05, 0) is 93.3 Å². The smallest absolute Gasteiger partial charge is 0.657 e. The molecule has 0 fully saturated rings. The number of Topliss-reactive ketones (excluding diaryl/α,β-unsaturated/α-hetero) is 1. The van der Waals surface area contributed by atoms with Crippen LogP contribution in [0, 0.1) is 13.8 Å². The standard InChI is InChI=1S/C45H64N8O5.Pd/c1-12-30-25(2)33-24-38-41(29(6)54)27(4)35(49-38)22-34-26(3)31(15-16-39(55)46-17-13-19-52(7)8)43(50-34)32(21-40(56)58-11)44-42(45(57)47-18-14-20-53(9)10)28(5)36(51-44)23-37(30)48-33;/h22-26,30-31H,12-21H2,1-11H3,(H4,46,47,48,49,50,51,54,55,57);/q;+2/p-2/t25-,26+,30-,31+;/m1./s1. The number of aromatic nitrogens is 4. The zero-order valence-corrected chi connectivity index (χ0v) is 38.2. The summed E-state index contributed by atoms with van der Waals surface area (Å²) in [4.78, 5) is 78.9. The molecule has 2 N–H and O–H groups in total. The van der Waals surface area contributed by atoms with Crippen molar-refractivity contribution in [2.45, 2.75) is 104 Å². The first-order valence-corrected chi connectivity index (χ1v) is 20.6. The number of carbonyl (C=O) groups is 4. The van der Waals surface area contributed by atoms with Gasteiger partial charge in [0.25, 0.3) is 0 Å². The average Bonchev–Trinajstić information content (AvgIpc) is 3.85. The first-order valence-electron chi connectivity index (χ1n) is 20.6. The van der Waals surface area contributed by atoms with Crippen molar-refractivity contribution in [2.24, 2.45) is 0 Å². The Morgan fingerprint density at radius 1 is 0.780 bits per heavy atom. The van der Waals surface area contributed by atoms with Crippen molar-refractivity contribution in [2.75, 3.05) is 61.5 Å². The van der Waals surface area contributed by atoms with E-state index in [-0.39, 0.29) is 74.5 Å². The molecular formula is C45H62N8O5Pd. The molecule has 3 aromatic rings. The summed E-state index contributed by atoms with van der Waals surface area (Å²) >= 11 is 0. The number of nitrogens with zero attached hydrogens (tertiary/aromatic N) is 6. The van der Waals surface area contributed by atoms with E-state index < -0.39 is 5.97 Å². The number of ketones is 1. The molecule has 0 saturated carbocycles. The Balaban J connectivity index is 0.00000769. The van der Waals surface area contributed by atoms with Crippen molar-refractivity contribution in [3.05, 3.63) is 68.8 Å². The van der Waals surface area contributed by atoms with Crippen LogP contribution >= 0.6 is 0 Å². The van der Waals surface area contributed by atoms with Gasteiger partial charge in [-0.15, -0.1) is 22.1 Å². The number of nitrogens with one attached hydrogen (secondary N) is 2. The van der Waals surface area contributed by atoms with E-state index >= 15 is 0 Å². The molecule has 322 valence electrons. The zero-order chi connectivity index (χ0) is 42.4. The monoisotopic (exact) mass is 900 g/mol. The summed E-state index contributed by atoms with van der Waals surface area (Å²) in [7, 11) is 9.33. The molecule has 4 atom stereocenters. The summed E-state index contributed by atoms with van der Waals surface area (Å²) in [6.45, 7) is 14.3. The number of hydrogen-bond acceptors (Lipinski definition) is 9. The van der Waals surface area contributed by atoms with Crippen LogP contribution in [0.5, 0.6) is 0 Å². The SMILES string of the molecule is CC[C@H]1c2cc3[n-]c(c(CC(=O)OC)c4nc(cc5[n-]c(cc(n2)[C@@H]1C)c(C(C)=O)c5C)[C@@H](C)[C@@H]4CCC(=O)NCCCN(C)C)c(C(=O)NCCCN(C)C)c3C.[Pd+2]. The van der Waals surface area contributed by atoms with Crippen LogP contribution in [0.25, 0.3) is 22.1 Å². The van der Waals surface area contributed by atoms with E-state index in [0.29, 0.717) is 75.2 Å². The van der Waals surface area contributed by atoms with E-state index in [1.807, 2.05) is 60.2 Å². The minimum absolute atomic E-state index is 0. The Bertz CT molecular complexity index is 2190. The Morgan fingerprint density at radius 3 is 1.95 bits per heavy atom. The summed E-state index contributed by atoms with van der Waals surface area (Å²) in [6, 6.07) is 5.81. The van der Waals surface area contributed by atoms with Crippen LogP contribution in [-0.2, 0) is 41.2 Å². The Morgan fingerprint density at radius 2 is 1.34 bits per heavy atom. The number of ether oxygens (including phenoxy) is 1. The van der Waals surface area contributed by atoms with Gasteiger partial charge in [0.15, 0.2) is 5.78 Å². The number of esters is 1. The van der Waals surface area contributed by atoms with Crippen molar-refractivity contribution in [1.29, 1.82) is 0 Å². The van der Waals surface area contributed by atoms with Gasteiger partial charge < -0.3 is 35.1 Å². The molecule has 3 aromatic heterocycles. The molecule has 0 aromatic carbocycles. The summed E-state index contributed by atoms with van der Waals surface area (Å²) in [5.74, 6) is -1.38. The molecule has 2 aliphatic rings. The summed E-state index contributed by atoms with van der Waals surface area (Å²) in [5.41, 5.74) is 7.89. The number of methoxy groups -OCH3 is 1. The predicted octanol–water partition coefficient (Wildman–Crippen LogP) is 5.82. The van der Waals surface area contributed by atoms with Gasteiger partial charge in [-0.25, -0.2) is 0 Å². The molecule has 0 aliphatic carbocycles. The number of rotatable bonds is 16. The van der Waals surface area contributed by atoms with Gasteiger partial charge in [-0.1, -0.05) is 50.1 Å². The molecule has 59 heavy (non-hydrogen) atoms. The van der Waals surface area contributed by atoms with Gasteiger partial charge in [0.05, 0.1) is 13.5 Å². The van der Waals surface area contributed by atoms with Crippen molar-refractivity contribution < 1.29 is 44.3 Å². The second-order valence-corrected chi connectivity index (χ2v) is 16.5. The van der Waals surface area contributed by atoms with Crippen molar-refractivity contribution in [1.82, 2.24) is 40.4 Å². The second-order valence-electron chi connectivity index (χ2n) is 16.5. The van der Waals surface area contributed by atoms with E-state index in [1.165, 1.54) is 7.11 Å². The third-order valence-electron chi connectivity index (χ3n) is 11.7. The fourth-order valence-electron chi connectivity index (χ4n) is 8.37. The van der Waals surface area contributed by atoms with Gasteiger partial charge in [0, 0.05) is 77.1 Å². The number of carbonyl (C=O) groups excluding carboxylic acids is 4. The predicted molar refractivity (Wildman–Crippen MR) is 228 cm³/mol. The minimum atomic E-state index is -0.503. The van der Waals surface area contributed by atoms with Gasteiger partial charge in [0.1, 0.15) is 0 Å². The van der Waals surface area contributed by atoms with E-state index in [0.717, 1.165) is 49.3 Å². The first-order chi connectivity index (χ1) is 27.6. The van der Waals surface area contributed by atoms with Crippen LogP contribution in [0.15, 0.2) is 18.2 Å². The van der Waals surface area contributed by atoms with Crippen molar-refractivity contribution in [3.63, 3.8) is 0 Å². The van der Waals surface area contributed by atoms with Crippen molar-refractivity contribution in [3.8, 4) is 0 Å². The Labute approximate surface area is 362 Å². The van der Waals surface area contributed by atoms with E-state index in [2.05, 4.69) is 41.2 Å². The molecule has 13 nitrogen and oxygen atoms in total. The number of amides is 2.